The second kappa shape index (κ2) is 5.49. The molecule has 1 saturated carbocycles. The van der Waals surface area contributed by atoms with Crippen molar-refractivity contribution in [2.24, 2.45) is 0 Å². The molecule has 0 saturated heterocycles. The average molecular weight is 278 g/mol. The van der Waals surface area contributed by atoms with Crippen LogP contribution in [0, 0.1) is 0 Å². The number of fused-ring (bicyclic) bond motifs is 1. The zero-order valence-electron chi connectivity index (χ0n) is 10.6. The second-order valence-corrected chi connectivity index (χ2v) is 6.81. The second-order valence-electron chi connectivity index (χ2n) is 4.89. The Morgan fingerprint density at radius 1 is 1.33 bits per heavy atom. The summed E-state index contributed by atoms with van der Waals surface area (Å²) in [6.07, 6.45) is 7.54. The van der Waals surface area contributed by atoms with Crippen LogP contribution in [-0.4, -0.2) is 21.9 Å². The van der Waals surface area contributed by atoms with E-state index in [2.05, 4.69) is 40.2 Å². The van der Waals surface area contributed by atoms with Crippen molar-refractivity contribution in [1.29, 1.82) is 0 Å². The van der Waals surface area contributed by atoms with Crippen molar-refractivity contribution in [2.75, 3.05) is 11.6 Å². The third-order valence-corrected chi connectivity index (χ3v) is 5.58. The fourth-order valence-corrected chi connectivity index (χ4v) is 4.34. The number of nitrogens with one attached hydrogen (secondary N) is 1. The SMILES string of the molecule is CSC1CCCC(Nc2snc3ccccc23)C1. The molecule has 18 heavy (non-hydrogen) atoms. The number of benzene rings is 1. The van der Waals surface area contributed by atoms with Crippen LogP contribution in [0.3, 0.4) is 0 Å². The van der Waals surface area contributed by atoms with E-state index in [4.69, 9.17) is 0 Å². The van der Waals surface area contributed by atoms with Gasteiger partial charge >= 0.3 is 0 Å². The van der Waals surface area contributed by atoms with Crippen LogP contribution in [0.4, 0.5) is 5.00 Å². The molecule has 1 aromatic heterocycles. The molecule has 2 aromatic rings. The molecule has 1 aliphatic rings. The molecule has 0 radical (unpaired) electrons. The average Bonchev–Trinajstić information content (AvgIpc) is 2.83. The summed E-state index contributed by atoms with van der Waals surface area (Å²) in [5, 5.41) is 7.06. The molecule has 96 valence electrons. The van der Waals surface area contributed by atoms with Crippen molar-refractivity contribution in [1.82, 2.24) is 4.37 Å². The van der Waals surface area contributed by atoms with E-state index in [0.29, 0.717) is 6.04 Å². The van der Waals surface area contributed by atoms with Gasteiger partial charge < -0.3 is 5.32 Å². The molecular weight excluding hydrogens is 260 g/mol. The molecule has 3 rings (SSSR count). The molecule has 2 nitrogen and oxygen atoms in total. The monoisotopic (exact) mass is 278 g/mol. The van der Waals surface area contributed by atoms with Crippen LogP contribution in [0.1, 0.15) is 25.7 Å². The van der Waals surface area contributed by atoms with Crippen LogP contribution in [-0.2, 0) is 0 Å². The van der Waals surface area contributed by atoms with E-state index in [1.54, 1.807) is 11.5 Å². The normalized spacial score (nSPS) is 24.3. The molecule has 1 N–H and O–H groups in total. The van der Waals surface area contributed by atoms with Gasteiger partial charge in [0.15, 0.2) is 0 Å². The lowest BCUT2D eigenvalue weighted by atomic mass is 9.95. The van der Waals surface area contributed by atoms with Crippen LogP contribution in [0.25, 0.3) is 10.9 Å². The highest BCUT2D eigenvalue weighted by Gasteiger charge is 2.22. The van der Waals surface area contributed by atoms with Gasteiger partial charge in [0.2, 0.25) is 0 Å². The molecule has 1 aromatic carbocycles. The lowest BCUT2D eigenvalue weighted by Gasteiger charge is -2.28. The zero-order chi connectivity index (χ0) is 12.4. The Labute approximate surface area is 116 Å². The van der Waals surface area contributed by atoms with E-state index in [1.807, 2.05) is 11.8 Å². The number of anilines is 1. The van der Waals surface area contributed by atoms with E-state index in [0.717, 1.165) is 10.8 Å². The lowest BCUT2D eigenvalue weighted by Crippen LogP contribution is -2.28. The number of rotatable bonds is 3. The van der Waals surface area contributed by atoms with E-state index in [9.17, 15) is 0 Å². The predicted octanol–water partition coefficient (Wildman–Crippen LogP) is 4.38. The number of hydrogen-bond acceptors (Lipinski definition) is 4. The molecular formula is C14H18N2S2. The summed E-state index contributed by atoms with van der Waals surface area (Å²) in [7, 11) is 0. The minimum Gasteiger partial charge on any atom is -0.372 e. The summed E-state index contributed by atoms with van der Waals surface area (Å²) in [6, 6.07) is 9.02. The van der Waals surface area contributed by atoms with Gasteiger partial charge in [0.1, 0.15) is 5.00 Å². The van der Waals surface area contributed by atoms with Crippen LogP contribution in [0.15, 0.2) is 24.3 Å². The van der Waals surface area contributed by atoms with Crippen molar-refractivity contribution < 1.29 is 0 Å². The van der Waals surface area contributed by atoms with Crippen LogP contribution >= 0.6 is 23.3 Å². The van der Waals surface area contributed by atoms with Gasteiger partial charge in [0, 0.05) is 16.7 Å². The smallest absolute Gasteiger partial charge is 0.117 e. The highest BCUT2D eigenvalue weighted by molar-refractivity contribution is 7.99. The molecule has 1 fully saturated rings. The largest absolute Gasteiger partial charge is 0.372 e. The predicted molar refractivity (Wildman–Crippen MR) is 82.8 cm³/mol. The molecule has 0 aliphatic heterocycles. The third-order valence-electron chi connectivity index (χ3n) is 3.68. The standard InChI is InChI=1S/C14H18N2S2/c1-17-11-6-4-5-10(9-11)15-14-12-7-2-3-8-13(12)16-18-14/h2-3,7-8,10-11,15H,4-6,9H2,1H3. The first kappa shape index (κ1) is 12.3. The van der Waals surface area contributed by atoms with Crippen molar-refractivity contribution in [2.45, 2.75) is 37.0 Å². The van der Waals surface area contributed by atoms with Crippen LogP contribution in [0.5, 0.6) is 0 Å². The molecule has 2 unspecified atom stereocenters. The van der Waals surface area contributed by atoms with E-state index in [1.165, 1.54) is 36.1 Å². The minimum atomic E-state index is 0.625. The first-order valence-electron chi connectivity index (χ1n) is 6.50. The number of thioether (sulfide) groups is 1. The van der Waals surface area contributed by atoms with E-state index < -0.39 is 0 Å². The first-order valence-corrected chi connectivity index (χ1v) is 8.56. The summed E-state index contributed by atoms with van der Waals surface area (Å²) in [5.41, 5.74) is 1.11. The number of hydrogen-bond donors (Lipinski definition) is 1. The fourth-order valence-electron chi connectivity index (χ4n) is 2.67. The lowest BCUT2D eigenvalue weighted by molar-refractivity contribution is 0.474. The van der Waals surface area contributed by atoms with Gasteiger partial charge in [-0.05, 0) is 49.2 Å². The van der Waals surface area contributed by atoms with Gasteiger partial charge in [-0.3, -0.25) is 0 Å². The summed E-state index contributed by atoms with van der Waals surface area (Å²) < 4.78 is 4.50. The number of nitrogens with zero attached hydrogens (tertiary/aromatic N) is 1. The maximum absolute atomic E-state index is 4.50. The Bertz CT molecular complexity index is 523. The van der Waals surface area contributed by atoms with Crippen LogP contribution in [0.2, 0.25) is 0 Å². The molecule has 0 bridgehead atoms. The first-order chi connectivity index (χ1) is 8.86. The van der Waals surface area contributed by atoms with E-state index >= 15 is 0 Å². The topological polar surface area (TPSA) is 24.9 Å². The molecule has 0 spiro atoms. The Kier molecular flexibility index (Phi) is 3.75. The summed E-state index contributed by atoms with van der Waals surface area (Å²) in [5.74, 6) is 0. The third kappa shape index (κ3) is 2.50. The van der Waals surface area contributed by atoms with Crippen molar-refractivity contribution in [3.63, 3.8) is 0 Å². The molecule has 1 heterocycles. The fraction of sp³-hybridized carbons (Fsp3) is 0.500. The van der Waals surface area contributed by atoms with Gasteiger partial charge in [0.25, 0.3) is 0 Å². The minimum absolute atomic E-state index is 0.625. The summed E-state index contributed by atoms with van der Waals surface area (Å²) in [4.78, 5) is 0. The zero-order valence-corrected chi connectivity index (χ0v) is 12.2. The van der Waals surface area contributed by atoms with Crippen LogP contribution < -0.4 is 5.32 Å². The molecule has 1 aliphatic carbocycles. The van der Waals surface area contributed by atoms with Crippen molar-refractivity contribution >= 4 is 39.2 Å². The Hall–Kier alpha value is -0.740. The quantitative estimate of drug-likeness (QED) is 0.901. The highest BCUT2D eigenvalue weighted by Crippen LogP contribution is 2.33. The van der Waals surface area contributed by atoms with Gasteiger partial charge in [-0.15, -0.1) is 0 Å². The van der Waals surface area contributed by atoms with Gasteiger partial charge in [-0.1, -0.05) is 18.6 Å². The maximum Gasteiger partial charge on any atom is 0.117 e. The highest BCUT2D eigenvalue weighted by atomic mass is 32.2. The van der Waals surface area contributed by atoms with Gasteiger partial charge in [-0.2, -0.15) is 16.1 Å². The summed E-state index contributed by atoms with van der Waals surface area (Å²) in [6.45, 7) is 0. The Morgan fingerprint density at radius 2 is 2.22 bits per heavy atom. The Morgan fingerprint density at radius 3 is 3.11 bits per heavy atom. The number of aromatic nitrogens is 1. The molecule has 0 amide bonds. The van der Waals surface area contributed by atoms with Gasteiger partial charge in [0.05, 0.1) is 5.52 Å². The Balaban J connectivity index is 1.76. The van der Waals surface area contributed by atoms with Crippen molar-refractivity contribution in [3.8, 4) is 0 Å². The van der Waals surface area contributed by atoms with Gasteiger partial charge in [-0.25, -0.2) is 0 Å². The molecule has 2 atom stereocenters. The maximum atomic E-state index is 4.50. The molecule has 4 heteroatoms. The van der Waals surface area contributed by atoms with Crippen molar-refractivity contribution in [3.05, 3.63) is 24.3 Å². The summed E-state index contributed by atoms with van der Waals surface area (Å²) >= 11 is 3.61. The van der Waals surface area contributed by atoms with E-state index in [-0.39, 0.29) is 0 Å².